The molecule has 2 rings (SSSR count). The Balaban J connectivity index is 0.000000280. The fraction of sp³-hybridized carbons (Fsp3) is 1.00. The molecule has 0 saturated carbocycles. The Kier molecular flexibility index (Phi) is 8.97. The molecule has 168 valence electrons. The maximum atomic E-state index is 11.9. The summed E-state index contributed by atoms with van der Waals surface area (Å²) in [5.41, 5.74) is 0.273. The first-order chi connectivity index (χ1) is 12.5. The Bertz CT molecular complexity index is 522. The van der Waals surface area contributed by atoms with Gasteiger partial charge in [0.2, 0.25) is 0 Å². The highest BCUT2D eigenvalue weighted by atomic mass is 31.2. The molecule has 2 heterocycles. The van der Waals surface area contributed by atoms with Crippen molar-refractivity contribution in [3.8, 4) is 0 Å². The van der Waals surface area contributed by atoms with Gasteiger partial charge in [-0.2, -0.15) is 0 Å². The molecule has 0 aliphatic carbocycles. The van der Waals surface area contributed by atoms with E-state index >= 15 is 0 Å². The molecule has 10 heteroatoms. The van der Waals surface area contributed by atoms with Crippen LogP contribution in [0.4, 0.5) is 0 Å². The Hall–Kier alpha value is 0.220. The highest BCUT2D eigenvalue weighted by Gasteiger charge is 2.39. The van der Waals surface area contributed by atoms with Crippen LogP contribution >= 0.6 is 15.5 Å². The smallest absolute Gasteiger partial charge is 0.296 e. The van der Waals surface area contributed by atoms with E-state index in [1.54, 1.807) is 28.2 Å². The largest absolute Gasteiger partial charge is 0.407 e. The minimum absolute atomic E-state index is 0.136. The van der Waals surface area contributed by atoms with Gasteiger partial charge in [-0.25, -0.2) is 18.5 Å². The minimum atomic E-state index is -2.96. The molecular weight excluding hydrogens is 402 g/mol. The normalized spacial score (nSPS) is 34.9. The second-order valence-electron chi connectivity index (χ2n) is 9.94. The minimum Gasteiger partial charge on any atom is -0.296 e. The summed E-state index contributed by atoms with van der Waals surface area (Å²) in [6.07, 6.45) is 0. The summed E-state index contributed by atoms with van der Waals surface area (Å²) < 4.78 is 48.1. The zero-order valence-corrected chi connectivity index (χ0v) is 21.0. The average Bonchev–Trinajstić information content (AvgIpc) is 2.54. The van der Waals surface area contributed by atoms with Crippen molar-refractivity contribution in [3.63, 3.8) is 0 Å². The van der Waals surface area contributed by atoms with Crippen LogP contribution < -0.4 is 0 Å². The van der Waals surface area contributed by atoms with Gasteiger partial charge >= 0.3 is 15.5 Å². The van der Waals surface area contributed by atoms with Gasteiger partial charge in [-0.1, -0.05) is 41.5 Å². The third-order valence-electron chi connectivity index (χ3n) is 5.18. The van der Waals surface area contributed by atoms with Crippen molar-refractivity contribution in [2.24, 2.45) is 22.7 Å². The summed E-state index contributed by atoms with van der Waals surface area (Å²) in [5, 5.41) is 0. The van der Waals surface area contributed by atoms with Crippen molar-refractivity contribution in [1.29, 1.82) is 0 Å². The van der Waals surface area contributed by atoms with Gasteiger partial charge in [0, 0.05) is 11.8 Å². The van der Waals surface area contributed by atoms with Gasteiger partial charge in [0.05, 0.1) is 26.4 Å². The van der Waals surface area contributed by atoms with Crippen LogP contribution in [0.25, 0.3) is 0 Å². The van der Waals surface area contributed by atoms with E-state index in [1.165, 1.54) is 9.34 Å². The predicted octanol–water partition coefficient (Wildman–Crippen LogP) is 4.73. The van der Waals surface area contributed by atoms with Crippen LogP contribution in [0.5, 0.6) is 0 Å². The van der Waals surface area contributed by atoms with Gasteiger partial charge in [-0.15, -0.1) is 0 Å². The molecule has 2 aliphatic heterocycles. The van der Waals surface area contributed by atoms with E-state index in [4.69, 9.17) is 18.1 Å². The lowest BCUT2D eigenvalue weighted by Gasteiger charge is -2.37. The first-order valence-electron chi connectivity index (χ1n) is 9.65. The van der Waals surface area contributed by atoms with Gasteiger partial charge in [0.25, 0.3) is 0 Å². The van der Waals surface area contributed by atoms with Crippen LogP contribution in [0.1, 0.15) is 41.5 Å². The Morgan fingerprint density at radius 3 is 0.964 bits per heavy atom. The number of rotatable bonds is 2. The summed E-state index contributed by atoms with van der Waals surface area (Å²) in [7, 11) is 0.908. The maximum absolute atomic E-state index is 11.9. The lowest BCUT2D eigenvalue weighted by molar-refractivity contribution is 0.0219. The molecule has 28 heavy (non-hydrogen) atoms. The second kappa shape index (κ2) is 9.57. The Morgan fingerprint density at radius 1 is 0.607 bits per heavy atom. The van der Waals surface area contributed by atoms with E-state index in [-0.39, 0.29) is 10.8 Å². The van der Waals surface area contributed by atoms with Gasteiger partial charge in [-0.05, 0) is 39.0 Å². The zero-order valence-electron chi connectivity index (χ0n) is 19.2. The number of hydrogen-bond donors (Lipinski definition) is 0. The van der Waals surface area contributed by atoms with Gasteiger partial charge in [0.1, 0.15) is 0 Å². The molecule has 0 aromatic rings. The first-order valence-corrected chi connectivity index (χ1v) is 12.6. The first kappa shape index (κ1) is 26.3. The van der Waals surface area contributed by atoms with Crippen molar-refractivity contribution >= 4 is 15.5 Å². The summed E-state index contributed by atoms with van der Waals surface area (Å²) in [6, 6.07) is 0. The second-order valence-corrected chi connectivity index (χ2v) is 14.4. The summed E-state index contributed by atoms with van der Waals surface area (Å²) in [4.78, 5) is 0. The molecule has 0 radical (unpaired) electrons. The Labute approximate surface area is 171 Å². The fourth-order valence-electron chi connectivity index (χ4n) is 2.37. The molecule has 0 N–H and O–H groups in total. The molecule has 8 nitrogen and oxygen atoms in total. The van der Waals surface area contributed by atoms with E-state index in [0.29, 0.717) is 38.3 Å². The summed E-state index contributed by atoms with van der Waals surface area (Å²) >= 11 is 0. The van der Waals surface area contributed by atoms with E-state index in [2.05, 4.69) is 41.5 Å². The van der Waals surface area contributed by atoms with Crippen LogP contribution in [-0.4, -0.2) is 64.0 Å². The number of hydrogen-bond acceptors (Lipinski definition) is 6. The van der Waals surface area contributed by atoms with E-state index in [0.717, 1.165) is 0 Å². The highest BCUT2D eigenvalue weighted by Crippen LogP contribution is 2.55. The molecule has 2 aliphatic rings. The molecule has 0 aromatic heterocycles. The van der Waals surface area contributed by atoms with Gasteiger partial charge in [-0.3, -0.25) is 18.1 Å². The third kappa shape index (κ3) is 7.17. The van der Waals surface area contributed by atoms with Crippen LogP contribution in [0.15, 0.2) is 0 Å². The summed E-state index contributed by atoms with van der Waals surface area (Å²) in [5.74, 6) is 0.619. The lowest BCUT2D eigenvalue weighted by Crippen LogP contribution is -2.34. The molecule has 2 fully saturated rings. The molecule has 0 unspecified atom stereocenters. The standard InChI is InChI=1S/2C9H20NO3P/c2*1-9(2,3)8-6-12-14(11,10(4)5)13-7-8/h2*8H,6-7H2,1-5H3. The van der Waals surface area contributed by atoms with E-state index in [9.17, 15) is 9.13 Å². The molecule has 0 atom stereocenters. The lowest BCUT2D eigenvalue weighted by atomic mass is 9.82. The number of nitrogens with zero attached hydrogens (tertiary/aromatic N) is 2. The molecule has 0 amide bonds. The van der Waals surface area contributed by atoms with Crippen LogP contribution in [0.3, 0.4) is 0 Å². The van der Waals surface area contributed by atoms with E-state index < -0.39 is 15.5 Å². The van der Waals surface area contributed by atoms with Crippen molar-refractivity contribution in [3.05, 3.63) is 0 Å². The summed E-state index contributed by atoms with van der Waals surface area (Å²) in [6.45, 7) is 14.9. The SMILES string of the molecule is CN(C)P1(=O)OCC(C(C)(C)C)CO1.CN(C)P1(=O)OCC(C(C)(C)C)CO1. The highest BCUT2D eigenvalue weighted by molar-refractivity contribution is 7.51. The fourth-order valence-corrected chi connectivity index (χ4v) is 4.92. The van der Waals surface area contributed by atoms with Crippen molar-refractivity contribution in [1.82, 2.24) is 9.34 Å². The van der Waals surface area contributed by atoms with Gasteiger partial charge in [0.15, 0.2) is 0 Å². The van der Waals surface area contributed by atoms with Crippen LogP contribution in [-0.2, 0) is 27.2 Å². The van der Waals surface area contributed by atoms with Crippen molar-refractivity contribution in [2.45, 2.75) is 41.5 Å². The quantitative estimate of drug-likeness (QED) is 0.568. The predicted molar refractivity (Wildman–Crippen MR) is 112 cm³/mol. The van der Waals surface area contributed by atoms with Crippen LogP contribution in [0.2, 0.25) is 0 Å². The Morgan fingerprint density at radius 2 is 0.821 bits per heavy atom. The monoisotopic (exact) mass is 442 g/mol. The molecule has 0 bridgehead atoms. The van der Waals surface area contributed by atoms with Crippen molar-refractivity contribution < 1.29 is 27.2 Å². The maximum Gasteiger partial charge on any atom is 0.407 e. The van der Waals surface area contributed by atoms with E-state index in [1.807, 2.05) is 0 Å². The van der Waals surface area contributed by atoms with Gasteiger partial charge < -0.3 is 0 Å². The molecule has 2 saturated heterocycles. The molecule has 0 spiro atoms. The zero-order chi connectivity index (χ0) is 22.0. The third-order valence-corrected chi connectivity index (χ3v) is 9.05. The topological polar surface area (TPSA) is 77.5 Å². The van der Waals surface area contributed by atoms with Crippen molar-refractivity contribution in [2.75, 3.05) is 54.6 Å². The average molecular weight is 442 g/mol. The van der Waals surface area contributed by atoms with Crippen LogP contribution in [0, 0.1) is 22.7 Å². The molecular formula is C18H40N2O6P2. The molecule has 0 aromatic carbocycles.